The van der Waals surface area contributed by atoms with Crippen LogP contribution in [0.15, 0.2) is 54.2 Å². The summed E-state index contributed by atoms with van der Waals surface area (Å²) in [6.07, 6.45) is 6.98. The van der Waals surface area contributed by atoms with Crippen LogP contribution in [0.2, 0.25) is 0 Å². The lowest BCUT2D eigenvalue weighted by molar-refractivity contribution is 0.982. The molecule has 0 aliphatic rings. The highest BCUT2D eigenvalue weighted by molar-refractivity contribution is 7.04. The Balaban J connectivity index is 1.86. The minimum atomic E-state index is 1.06. The van der Waals surface area contributed by atoms with Crippen molar-refractivity contribution in [1.82, 2.24) is 9.36 Å². The second-order valence-corrected chi connectivity index (χ2v) is 7.48. The van der Waals surface area contributed by atoms with Crippen LogP contribution < -0.4 is 0 Å². The second kappa shape index (κ2) is 7.61. The van der Waals surface area contributed by atoms with E-state index >= 15 is 0 Å². The normalized spacial score (nSPS) is 11.2. The summed E-state index contributed by atoms with van der Waals surface area (Å²) in [7, 11) is 0. The van der Waals surface area contributed by atoms with Gasteiger partial charge in [-0.2, -0.15) is 4.37 Å². The second-order valence-electron chi connectivity index (χ2n) is 6.85. The zero-order valence-corrected chi connectivity index (χ0v) is 16.9. The molecule has 0 amide bonds. The van der Waals surface area contributed by atoms with Crippen LogP contribution in [0.4, 0.5) is 0 Å². The highest BCUT2D eigenvalue weighted by atomic mass is 32.1. The highest BCUT2D eigenvalue weighted by Gasteiger charge is 2.15. The van der Waals surface area contributed by atoms with E-state index in [0.717, 1.165) is 30.3 Å². The maximum absolute atomic E-state index is 4.78. The van der Waals surface area contributed by atoms with Crippen molar-refractivity contribution in [3.8, 4) is 22.4 Å². The van der Waals surface area contributed by atoms with E-state index in [0.29, 0.717) is 0 Å². The number of hydrogen-bond acceptors (Lipinski definition) is 3. The third-order valence-corrected chi connectivity index (χ3v) is 5.97. The summed E-state index contributed by atoms with van der Waals surface area (Å²) in [5, 5.41) is 4.54. The Morgan fingerprint density at radius 2 is 1.59 bits per heavy atom. The lowest BCUT2D eigenvalue weighted by Gasteiger charge is -2.15. The maximum atomic E-state index is 4.78. The van der Waals surface area contributed by atoms with Gasteiger partial charge in [-0.1, -0.05) is 32.9 Å². The Morgan fingerprint density at radius 3 is 2.30 bits per heavy atom. The first-order valence-corrected chi connectivity index (χ1v) is 10.5. The molecular weight excluding hydrogens is 348 g/mol. The number of benzene rings is 2. The summed E-state index contributed by atoms with van der Waals surface area (Å²) < 4.78 is 4.78. The van der Waals surface area contributed by atoms with Crippen molar-refractivity contribution < 1.29 is 0 Å². The van der Waals surface area contributed by atoms with Gasteiger partial charge in [-0.3, -0.25) is 4.98 Å². The van der Waals surface area contributed by atoms with Gasteiger partial charge in [-0.15, -0.1) is 0 Å². The summed E-state index contributed by atoms with van der Waals surface area (Å²) in [4.78, 5) is 4.27. The van der Waals surface area contributed by atoms with E-state index in [-0.39, 0.29) is 0 Å². The van der Waals surface area contributed by atoms with Crippen LogP contribution >= 0.6 is 11.5 Å². The molecule has 2 aromatic heterocycles. The predicted molar refractivity (Wildman–Crippen MR) is 116 cm³/mol. The van der Waals surface area contributed by atoms with Crippen molar-refractivity contribution >= 4 is 22.3 Å². The topological polar surface area (TPSA) is 25.8 Å². The quantitative estimate of drug-likeness (QED) is 0.389. The monoisotopic (exact) mass is 372 g/mol. The molecule has 0 atom stereocenters. The molecule has 0 radical (unpaired) electrons. The lowest BCUT2D eigenvalue weighted by atomic mass is 9.90. The number of hydrogen-bond donors (Lipinski definition) is 0. The van der Waals surface area contributed by atoms with Gasteiger partial charge in [0, 0.05) is 34.3 Å². The molecule has 0 spiro atoms. The molecule has 136 valence electrons. The molecule has 2 heterocycles. The van der Waals surface area contributed by atoms with Crippen molar-refractivity contribution in [2.75, 3.05) is 0 Å². The molecule has 27 heavy (non-hydrogen) atoms. The average molecular weight is 373 g/mol. The number of aromatic nitrogens is 2. The van der Waals surface area contributed by atoms with Gasteiger partial charge in [0.2, 0.25) is 0 Å². The molecular formula is C24H24N2S. The summed E-state index contributed by atoms with van der Waals surface area (Å²) in [6.45, 7) is 6.75. The van der Waals surface area contributed by atoms with Crippen LogP contribution in [-0.2, 0) is 19.3 Å². The summed E-state index contributed by atoms with van der Waals surface area (Å²) in [5.74, 6) is 0. The number of rotatable bonds is 5. The molecule has 2 nitrogen and oxygen atoms in total. The molecule has 0 N–H and O–H groups in total. The van der Waals surface area contributed by atoms with Crippen LogP contribution in [0.5, 0.6) is 0 Å². The van der Waals surface area contributed by atoms with Gasteiger partial charge in [0.05, 0.1) is 5.69 Å². The maximum Gasteiger partial charge on any atom is 0.0919 e. The average Bonchev–Trinajstić information content (AvgIpc) is 3.22. The molecule has 0 aliphatic heterocycles. The smallest absolute Gasteiger partial charge is 0.0919 e. The summed E-state index contributed by atoms with van der Waals surface area (Å²) >= 11 is 1.53. The molecule has 3 heteroatoms. The zero-order valence-electron chi connectivity index (χ0n) is 16.1. The molecule has 4 rings (SSSR count). The zero-order chi connectivity index (χ0) is 18.8. The minimum absolute atomic E-state index is 1.06. The Bertz CT molecular complexity index is 1070. The number of fused-ring (bicyclic) bond motifs is 1. The molecule has 0 unspecified atom stereocenters. The SMILES string of the molecule is CCc1cc(-c2nscc2-c2ccc3ccncc3c2)cc(CC)c1CC. The van der Waals surface area contributed by atoms with E-state index in [1.807, 2.05) is 12.4 Å². The van der Waals surface area contributed by atoms with E-state index in [1.165, 1.54) is 50.3 Å². The first-order valence-electron chi connectivity index (χ1n) is 9.68. The predicted octanol–water partition coefficient (Wildman–Crippen LogP) is 6.71. The third-order valence-electron chi connectivity index (χ3n) is 5.34. The van der Waals surface area contributed by atoms with Crippen molar-refractivity contribution in [3.05, 3.63) is 70.9 Å². The van der Waals surface area contributed by atoms with E-state index < -0.39 is 0 Å². The Morgan fingerprint density at radius 1 is 0.815 bits per heavy atom. The van der Waals surface area contributed by atoms with Crippen LogP contribution in [0.25, 0.3) is 33.2 Å². The standard InChI is InChI=1S/C24H24N2S/c1-4-16-11-20(12-17(5-2)22(16)6-3)24-23(15-27-26-24)19-8-7-18-9-10-25-14-21(18)13-19/h7-15H,4-6H2,1-3H3. The molecule has 0 saturated heterocycles. The molecule has 0 fully saturated rings. The van der Waals surface area contributed by atoms with Crippen molar-refractivity contribution in [1.29, 1.82) is 0 Å². The van der Waals surface area contributed by atoms with Crippen molar-refractivity contribution in [2.24, 2.45) is 0 Å². The van der Waals surface area contributed by atoms with Gasteiger partial charge >= 0.3 is 0 Å². The molecule has 0 bridgehead atoms. The largest absolute Gasteiger partial charge is 0.264 e. The van der Waals surface area contributed by atoms with Gasteiger partial charge in [-0.05, 0) is 82.7 Å². The fraction of sp³-hybridized carbons (Fsp3) is 0.250. The first-order chi connectivity index (χ1) is 13.2. The number of nitrogens with zero attached hydrogens (tertiary/aromatic N) is 2. The van der Waals surface area contributed by atoms with Gasteiger partial charge in [0.15, 0.2) is 0 Å². The van der Waals surface area contributed by atoms with E-state index in [4.69, 9.17) is 4.37 Å². The Hall–Kier alpha value is -2.52. The molecule has 4 aromatic rings. The fourth-order valence-corrected chi connectivity index (χ4v) is 4.64. The van der Waals surface area contributed by atoms with Crippen LogP contribution in [0, 0.1) is 0 Å². The minimum Gasteiger partial charge on any atom is -0.264 e. The molecule has 0 aliphatic carbocycles. The Kier molecular flexibility index (Phi) is 5.04. The van der Waals surface area contributed by atoms with Crippen LogP contribution in [0.1, 0.15) is 37.5 Å². The third kappa shape index (κ3) is 3.28. The van der Waals surface area contributed by atoms with E-state index in [2.05, 4.69) is 67.5 Å². The summed E-state index contributed by atoms with van der Waals surface area (Å²) in [5.41, 5.74) is 9.16. The molecule has 0 saturated carbocycles. The van der Waals surface area contributed by atoms with Crippen molar-refractivity contribution in [2.45, 2.75) is 40.0 Å². The fourth-order valence-electron chi connectivity index (χ4n) is 3.92. The summed E-state index contributed by atoms with van der Waals surface area (Å²) in [6, 6.07) is 13.3. The van der Waals surface area contributed by atoms with E-state index in [9.17, 15) is 0 Å². The van der Waals surface area contributed by atoms with E-state index in [1.54, 1.807) is 0 Å². The Labute approximate surface area is 165 Å². The molecule has 2 aromatic carbocycles. The van der Waals surface area contributed by atoms with Gasteiger partial charge in [0.1, 0.15) is 0 Å². The lowest BCUT2D eigenvalue weighted by Crippen LogP contribution is -1.99. The highest BCUT2D eigenvalue weighted by Crippen LogP contribution is 2.36. The van der Waals surface area contributed by atoms with Gasteiger partial charge in [0.25, 0.3) is 0 Å². The number of pyridine rings is 1. The van der Waals surface area contributed by atoms with Crippen LogP contribution in [-0.4, -0.2) is 9.36 Å². The van der Waals surface area contributed by atoms with Gasteiger partial charge < -0.3 is 0 Å². The van der Waals surface area contributed by atoms with Gasteiger partial charge in [-0.25, -0.2) is 0 Å². The van der Waals surface area contributed by atoms with Crippen LogP contribution in [0.3, 0.4) is 0 Å². The first kappa shape index (κ1) is 17.9. The number of aryl methyl sites for hydroxylation is 2. The van der Waals surface area contributed by atoms with Crippen molar-refractivity contribution in [3.63, 3.8) is 0 Å².